The quantitative estimate of drug-likeness (QED) is 0.826. The Kier molecular flexibility index (Phi) is 5.36. The highest BCUT2D eigenvalue weighted by atomic mass is 19.1. The van der Waals surface area contributed by atoms with Crippen LogP contribution in [0.15, 0.2) is 24.3 Å². The third-order valence-electron chi connectivity index (χ3n) is 4.31. The first-order valence-electron chi connectivity index (χ1n) is 8.03. The molecule has 1 saturated carbocycles. The van der Waals surface area contributed by atoms with Crippen molar-refractivity contribution in [3.05, 3.63) is 35.6 Å². The van der Waals surface area contributed by atoms with Crippen molar-refractivity contribution in [2.24, 2.45) is 0 Å². The number of benzene rings is 1. The van der Waals surface area contributed by atoms with E-state index in [1.807, 2.05) is 13.8 Å². The highest BCUT2D eigenvalue weighted by Crippen LogP contribution is 2.46. The summed E-state index contributed by atoms with van der Waals surface area (Å²) in [5.41, 5.74) is -0.234. The van der Waals surface area contributed by atoms with Gasteiger partial charge in [0.1, 0.15) is 11.9 Å². The maximum absolute atomic E-state index is 13.9. The van der Waals surface area contributed by atoms with Gasteiger partial charge in [0.05, 0.1) is 11.6 Å². The minimum Gasteiger partial charge on any atom is -0.390 e. The first-order chi connectivity index (χ1) is 11.1. The van der Waals surface area contributed by atoms with Crippen LogP contribution in [0.3, 0.4) is 0 Å². The normalized spacial score (nSPS) is 24.4. The van der Waals surface area contributed by atoms with Crippen molar-refractivity contribution < 1.29 is 19.1 Å². The van der Waals surface area contributed by atoms with Crippen LogP contribution in [0.25, 0.3) is 0 Å². The van der Waals surface area contributed by atoms with Gasteiger partial charge in [-0.3, -0.25) is 9.59 Å². The van der Waals surface area contributed by atoms with E-state index in [0.717, 1.165) is 0 Å². The number of aliphatic hydroxyl groups is 1. The van der Waals surface area contributed by atoms with E-state index in [9.17, 15) is 19.1 Å². The zero-order chi connectivity index (χ0) is 17.0. The Balaban J connectivity index is 0.000000924. The molecule has 126 valence electrons. The summed E-state index contributed by atoms with van der Waals surface area (Å²) in [6.45, 7) is 4.36. The molecule has 2 unspecified atom stereocenters. The third kappa shape index (κ3) is 3.37. The number of amides is 2. The second kappa shape index (κ2) is 7.08. The van der Waals surface area contributed by atoms with Gasteiger partial charge in [0.2, 0.25) is 12.3 Å². The average Bonchev–Trinajstić information content (AvgIpc) is 3.23. The number of halogens is 1. The summed E-state index contributed by atoms with van der Waals surface area (Å²) in [7, 11) is 0. The molecule has 0 spiro atoms. The SMILES string of the molecule is CC.O=CN1CCC(O)C1C(=O)NC1(c2ccccc2F)CC1. The molecule has 2 fully saturated rings. The number of nitrogens with zero attached hydrogens (tertiary/aromatic N) is 1. The fourth-order valence-corrected chi connectivity index (χ4v) is 2.99. The average molecular weight is 322 g/mol. The number of hydrogen-bond acceptors (Lipinski definition) is 3. The van der Waals surface area contributed by atoms with Gasteiger partial charge in [-0.2, -0.15) is 0 Å². The second-order valence-electron chi connectivity index (χ2n) is 5.70. The predicted octanol–water partition coefficient (Wildman–Crippen LogP) is 1.55. The second-order valence-corrected chi connectivity index (χ2v) is 5.70. The molecule has 1 aromatic carbocycles. The van der Waals surface area contributed by atoms with Gasteiger partial charge in [-0.05, 0) is 25.3 Å². The largest absolute Gasteiger partial charge is 0.390 e. The van der Waals surface area contributed by atoms with Crippen molar-refractivity contribution in [2.75, 3.05) is 6.54 Å². The number of carbonyl (C=O) groups is 2. The van der Waals surface area contributed by atoms with Gasteiger partial charge < -0.3 is 15.3 Å². The maximum atomic E-state index is 13.9. The van der Waals surface area contributed by atoms with Gasteiger partial charge in [-0.25, -0.2) is 4.39 Å². The molecule has 1 heterocycles. The van der Waals surface area contributed by atoms with Gasteiger partial charge in [0.25, 0.3) is 0 Å². The molecule has 1 saturated heterocycles. The van der Waals surface area contributed by atoms with Gasteiger partial charge >= 0.3 is 0 Å². The molecule has 2 atom stereocenters. The lowest BCUT2D eigenvalue weighted by Crippen LogP contribution is -2.50. The highest BCUT2D eigenvalue weighted by Gasteiger charge is 2.50. The number of nitrogens with one attached hydrogen (secondary N) is 1. The number of aliphatic hydroxyl groups excluding tert-OH is 1. The zero-order valence-corrected chi connectivity index (χ0v) is 13.5. The van der Waals surface area contributed by atoms with Crippen LogP contribution in [0.2, 0.25) is 0 Å². The monoisotopic (exact) mass is 322 g/mol. The molecular weight excluding hydrogens is 299 g/mol. The van der Waals surface area contributed by atoms with Crippen molar-refractivity contribution in [3.8, 4) is 0 Å². The number of hydrogen-bond donors (Lipinski definition) is 2. The molecule has 1 aliphatic carbocycles. The van der Waals surface area contributed by atoms with Crippen molar-refractivity contribution in [1.29, 1.82) is 0 Å². The van der Waals surface area contributed by atoms with Crippen LogP contribution in [0.4, 0.5) is 4.39 Å². The molecule has 0 radical (unpaired) electrons. The summed E-state index contributed by atoms with van der Waals surface area (Å²) >= 11 is 0. The van der Waals surface area contributed by atoms with Gasteiger partial charge in [-0.1, -0.05) is 32.0 Å². The Morgan fingerprint density at radius 2 is 2.04 bits per heavy atom. The Bertz CT molecular complexity index is 575. The molecule has 3 rings (SSSR count). The summed E-state index contributed by atoms with van der Waals surface area (Å²) in [5, 5.41) is 12.7. The minimum atomic E-state index is -0.883. The van der Waals surface area contributed by atoms with Crippen LogP contribution in [0.1, 0.15) is 38.7 Å². The van der Waals surface area contributed by atoms with Gasteiger partial charge in [0, 0.05) is 12.1 Å². The summed E-state index contributed by atoms with van der Waals surface area (Å²) in [4.78, 5) is 24.6. The lowest BCUT2D eigenvalue weighted by Gasteiger charge is -2.25. The van der Waals surface area contributed by atoms with E-state index in [1.54, 1.807) is 18.2 Å². The van der Waals surface area contributed by atoms with Crippen molar-refractivity contribution in [1.82, 2.24) is 10.2 Å². The molecular formula is C17H23FN2O3. The van der Waals surface area contributed by atoms with Gasteiger partial charge in [-0.15, -0.1) is 0 Å². The van der Waals surface area contributed by atoms with E-state index in [2.05, 4.69) is 5.32 Å². The van der Waals surface area contributed by atoms with Crippen LogP contribution in [0, 0.1) is 5.82 Å². The molecule has 2 amide bonds. The Labute approximate surface area is 135 Å². The smallest absolute Gasteiger partial charge is 0.246 e. The van der Waals surface area contributed by atoms with E-state index < -0.39 is 23.6 Å². The van der Waals surface area contributed by atoms with Crippen molar-refractivity contribution in [2.45, 2.75) is 50.8 Å². The summed E-state index contributed by atoms with van der Waals surface area (Å²) in [6, 6.07) is 5.47. The van der Waals surface area contributed by atoms with Crippen molar-refractivity contribution >= 4 is 12.3 Å². The molecule has 1 aromatic rings. The van der Waals surface area contributed by atoms with Gasteiger partial charge in [0.15, 0.2) is 0 Å². The number of likely N-dealkylation sites (tertiary alicyclic amines) is 1. The first-order valence-corrected chi connectivity index (χ1v) is 8.03. The third-order valence-corrected chi connectivity index (χ3v) is 4.31. The standard InChI is InChI=1S/C15H17FN2O3.C2H6/c16-11-4-2-1-3-10(11)15(6-7-15)17-14(21)13-12(20)5-8-18(13)9-19;1-2/h1-4,9,12-13,20H,5-8H2,(H,17,21);1-2H3. The maximum Gasteiger partial charge on any atom is 0.246 e. The molecule has 5 nitrogen and oxygen atoms in total. The first kappa shape index (κ1) is 17.4. The summed E-state index contributed by atoms with van der Waals surface area (Å²) in [5.74, 6) is -0.776. The van der Waals surface area contributed by atoms with Crippen LogP contribution in [-0.4, -0.2) is 41.0 Å². The van der Waals surface area contributed by atoms with E-state index in [0.29, 0.717) is 37.8 Å². The zero-order valence-electron chi connectivity index (χ0n) is 13.5. The fraction of sp³-hybridized carbons (Fsp3) is 0.529. The van der Waals surface area contributed by atoms with E-state index >= 15 is 0 Å². The topological polar surface area (TPSA) is 69.6 Å². The molecule has 2 aliphatic rings. The molecule has 1 aliphatic heterocycles. The van der Waals surface area contributed by atoms with Crippen LogP contribution in [0.5, 0.6) is 0 Å². The highest BCUT2D eigenvalue weighted by molar-refractivity contribution is 5.86. The number of rotatable bonds is 4. The minimum absolute atomic E-state index is 0.352. The van der Waals surface area contributed by atoms with Crippen LogP contribution < -0.4 is 5.32 Å². The lowest BCUT2D eigenvalue weighted by atomic mass is 10.0. The van der Waals surface area contributed by atoms with E-state index in [-0.39, 0.29) is 5.82 Å². The van der Waals surface area contributed by atoms with Crippen molar-refractivity contribution in [3.63, 3.8) is 0 Å². The summed E-state index contributed by atoms with van der Waals surface area (Å²) < 4.78 is 13.9. The Hall–Kier alpha value is -1.95. The predicted molar refractivity (Wildman–Crippen MR) is 84.0 cm³/mol. The summed E-state index contributed by atoms with van der Waals surface area (Å²) in [6.07, 6.45) is 1.39. The molecule has 2 N–H and O–H groups in total. The molecule has 23 heavy (non-hydrogen) atoms. The number of carbonyl (C=O) groups excluding carboxylic acids is 2. The molecule has 0 aromatic heterocycles. The molecule has 6 heteroatoms. The molecule has 0 bridgehead atoms. The van der Waals surface area contributed by atoms with E-state index in [4.69, 9.17) is 0 Å². The fourth-order valence-electron chi connectivity index (χ4n) is 2.99. The van der Waals surface area contributed by atoms with Crippen LogP contribution >= 0.6 is 0 Å². The lowest BCUT2D eigenvalue weighted by molar-refractivity contribution is -0.134. The van der Waals surface area contributed by atoms with E-state index in [1.165, 1.54) is 11.0 Å². The Morgan fingerprint density at radius 1 is 1.39 bits per heavy atom. The Morgan fingerprint density at radius 3 is 2.61 bits per heavy atom. The van der Waals surface area contributed by atoms with Crippen LogP contribution in [-0.2, 0) is 15.1 Å².